The minimum atomic E-state index is 0.436. The van der Waals surface area contributed by atoms with E-state index in [1.54, 1.807) is 0 Å². The van der Waals surface area contributed by atoms with Gasteiger partial charge in [0.25, 0.3) is 0 Å². The molecule has 0 bridgehead atoms. The molecular weight excluding hydrogens is 212 g/mol. The van der Waals surface area contributed by atoms with Crippen LogP contribution in [0, 0.1) is 0 Å². The molecule has 0 unspecified atom stereocenters. The van der Waals surface area contributed by atoms with Crippen LogP contribution in [0.3, 0.4) is 0 Å². The van der Waals surface area contributed by atoms with E-state index in [9.17, 15) is 0 Å². The second-order valence-electron chi connectivity index (χ2n) is 3.95. The van der Waals surface area contributed by atoms with E-state index >= 15 is 0 Å². The van der Waals surface area contributed by atoms with Crippen LogP contribution >= 0.6 is 11.6 Å². The van der Waals surface area contributed by atoms with Crippen molar-refractivity contribution in [3.63, 3.8) is 0 Å². The van der Waals surface area contributed by atoms with Gasteiger partial charge in [-0.15, -0.1) is 0 Å². The van der Waals surface area contributed by atoms with Crippen LogP contribution in [0.15, 0.2) is 0 Å². The van der Waals surface area contributed by atoms with Gasteiger partial charge in [0.15, 0.2) is 11.0 Å². The minimum Gasteiger partial charge on any atom is -0.393 e. The molecule has 0 saturated carbocycles. The number of hydrogen-bond donors (Lipinski definition) is 1. The van der Waals surface area contributed by atoms with Crippen molar-refractivity contribution in [2.45, 2.75) is 32.7 Å². The molecule has 5 heteroatoms. The number of nitrogens with two attached hydrogens (primary N) is 1. The van der Waals surface area contributed by atoms with Crippen molar-refractivity contribution in [1.29, 1.82) is 0 Å². The molecule has 1 saturated heterocycles. The minimum absolute atomic E-state index is 0.436. The standard InChI is InChI=1S/C10H17ClN4/c1-2-5-15-10(8(12)9(11)13-15)14-6-3-4-7-14/h2-7,12H2,1H3. The zero-order valence-electron chi connectivity index (χ0n) is 9.04. The first kappa shape index (κ1) is 10.6. The van der Waals surface area contributed by atoms with Gasteiger partial charge in [-0.05, 0) is 19.3 Å². The van der Waals surface area contributed by atoms with Crippen molar-refractivity contribution < 1.29 is 0 Å². The van der Waals surface area contributed by atoms with Gasteiger partial charge in [-0.2, -0.15) is 5.10 Å². The van der Waals surface area contributed by atoms with Crippen molar-refractivity contribution in [3.05, 3.63) is 5.15 Å². The van der Waals surface area contributed by atoms with Gasteiger partial charge < -0.3 is 10.6 Å². The quantitative estimate of drug-likeness (QED) is 0.862. The zero-order valence-corrected chi connectivity index (χ0v) is 9.80. The van der Waals surface area contributed by atoms with Gasteiger partial charge in [0.05, 0.1) is 0 Å². The number of rotatable bonds is 3. The van der Waals surface area contributed by atoms with Crippen molar-refractivity contribution in [2.24, 2.45) is 0 Å². The van der Waals surface area contributed by atoms with Crippen molar-refractivity contribution in [2.75, 3.05) is 23.7 Å². The van der Waals surface area contributed by atoms with Crippen LogP contribution in [0.25, 0.3) is 0 Å². The van der Waals surface area contributed by atoms with Gasteiger partial charge in [-0.1, -0.05) is 18.5 Å². The van der Waals surface area contributed by atoms with Gasteiger partial charge in [0.2, 0.25) is 0 Å². The van der Waals surface area contributed by atoms with E-state index in [-0.39, 0.29) is 0 Å². The number of aromatic nitrogens is 2. The lowest BCUT2D eigenvalue weighted by Crippen LogP contribution is -2.22. The predicted molar refractivity (Wildman–Crippen MR) is 63.4 cm³/mol. The number of anilines is 2. The molecule has 1 aromatic rings. The Bertz CT molecular complexity index is 341. The largest absolute Gasteiger partial charge is 0.393 e. The molecule has 2 rings (SSSR count). The number of nitrogens with zero attached hydrogens (tertiary/aromatic N) is 3. The molecule has 0 atom stereocenters. The summed E-state index contributed by atoms with van der Waals surface area (Å²) >= 11 is 5.97. The van der Waals surface area contributed by atoms with Crippen molar-refractivity contribution in [1.82, 2.24) is 9.78 Å². The molecule has 0 amide bonds. The zero-order chi connectivity index (χ0) is 10.8. The average molecular weight is 229 g/mol. The summed E-state index contributed by atoms with van der Waals surface area (Å²) in [4.78, 5) is 2.28. The Morgan fingerprint density at radius 3 is 2.67 bits per heavy atom. The molecule has 1 aliphatic rings. The van der Waals surface area contributed by atoms with Crippen LogP contribution in [0.2, 0.25) is 5.15 Å². The maximum absolute atomic E-state index is 5.97. The number of hydrogen-bond acceptors (Lipinski definition) is 3. The molecule has 2 N–H and O–H groups in total. The molecule has 0 radical (unpaired) electrons. The normalized spacial score (nSPS) is 16.3. The topological polar surface area (TPSA) is 47.1 Å². The van der Waals surface area contributed by atoms with Crippen LogP contribution in [0.4, 0.5) is 11.5 Å². The highest BCUT2D eigenvalue weighted by atomic mass is 35.5. The predicted octanol–water partition coefficient (Wildman–Crippen LogP) is 2.13. The summed E-state index contributed by atoms with van der Waals surface area (Å²) in [5, 5.41) is 4.70. The summed E-state index contributed by atoms with van der Waals surface area (Å²) in [6.07, 6.45) is 3.50. The van der Waals surface area contributed by atoms with Crippen LogP contribution in [0.5, 0.6) is 0 Å². The maximum atomic E-state index is 5.97. The molecule has 1 aliphatic heterocycles. The fraction of sp³-hybridized carbons (Fsp3) is 0.700. The second-order valence-corrected chi connectivity index (χ2v) is 4.30. The molecular formula is C10H17ClN4. The fourth-order valence-electron chi connectivity index (χ4n) is 2.07. The molecule has 84 valence electrons. The third-order valence-corrected chi connectivity index (χ3v) is 3.04. The van der Waals surface area contributed by atoms with Gasteiger partial charge in [0.1, 0.15) is 5.69 Å². The number of nitrogen functional groups attached to an aromatic ring is 1. The highest BCUT2D eigenvalue weighted by Crippen LogP contribution is 2.32. The van der Waals surface area contributed by atoms with E-state index in [2.05, 4.69) is 16.9 Å². The van der Waals surface area contributed by atoms with Crippen LogP contribution in [-0.4, -0.2) is 22.9 Å². The summed E-state index contributed by atoms with van der Waals surface area (Å²) in [5.74, 6) is 1.01. The molecule has 15 heavy (non-hydrogen) atoms. The SMILES string of the molecule is CCCn1nc(Cl)c(N)c1N1CCCC1. The van der Waals surface area contributed by atoms with E-state index in [1.165, 1.54) is 12.8 Å². The number of aryl methyl sites for hydroxylation is 1. The van der Waals surface area contributed by atoms with Gasteiger partial charge in [-0.25, -0.2) is 4.68 Å². The Labute approximate surface area is 95.0 Å². The molecule has 1 fully saturated rings. The first-order valence-electron chi connectivity index (χ1n) is 5.50. The van der Waals surface area contributed by atoms with Crippen LogP contribution < -0.4 is 10.6 Å². The van der Waals surface area contributed by atoms with Crippen molar-refractivity contribution in [3.8, 4) is 0 Å². The van der Waals surface area contributed by atoms with Crippen LogP contribution in [0.1, 0.15) is 26.2 Å². The first-order chi connectivity index (χ1) is 7.24. The maximum Gasteiger partial charge on any atom is 0.176 e. The smallest absolute Gasteiger partial charge is 0.176 e. The average Bonchev–Trinajstić information content (AvgIpc) is 2.78. The van der Waals surface area contributed by atoms with Gasteiger partial charge >= 0.3 is 0 Å². The molecule has 0 aromatic carbocycles. The Kier molecular flexibility index (Phi) is 3.05. The first-order valence-corrected chi connectivity index (χ1v) is 5.88. The molecule has 0 spiro atoms. The summed E-state index contributed by atoms with van der Waals surface area (Å²) < 4.78 is 1.93. The highest BCUT2D eigenvalue weighted by Gasteiger charge is 2.22. The number of halogens is 1. The van der Waals surface area contributed by atoms with E-state index in [4.69, 9.17) is 17.3 Å². The molecule has 0 aliphatic carbocycles. The molecule has 1 aromatic heterocycles. The second kappa shape index (κ2) is 4.31. The van der Waals surface area contributed by atoms with Crippen LogP contribution in [-0.2, 0) is 6.54 Å². The monoisotopic (exact) mass is 228 g/mol. The lowest BCUT2D eigenvalue weighted by molar-refractivity contribution is 0.596. The van der Waals surface area contributed by atoms with Crippen molar-refractivity contribution >= 4 is 23.1 Å². The lowest BCUT2D eigenvalue weighted by Gasteiger charge is -2.19. The van der Waals surface area contributed by atoms with E-state index in [0.29, 0.717) is 10.8 Å². The summed E-state index contributed by atoms with van der Waals surface area (Å²) in [7, 11) is 0. The van der Waals surface area contributed by atoms with Gasteiger partial charge in [0, 0.05) is 19.6 Å². The fourth-order valence-corrected chi connectivity index (χ4v) is 2.24. The Morgan fingerprint density at radius 1 is 1.40 bits per heavy atom. The Balaban J connectivity index is 2.33. The summed E-state index contributed by atoms with van der Waals surface area (Å²) in [6.45, 7) is 5.13. The van der Waals surface area contributed by atoms with Gasteiger partial charge in [-0.3, -0.25) is 0 Å². The van der Waals surface area contributed by atoms with E-state index < -0.39 is 0 Å². The highest BCUT2D eigenvalue weighted by molar-refractivity contribution is 6.32. The Hall–Kier alpha value is -0.900. The third kappa shape index (κ3) is 1.91. The van der Waals surface area contributed by atoms with E-state index in [0.717, 1.165) is 31.9 Å². The van der Waals surface area contributed by atoms with E-state index in [1.807, 2.05) is 4.68 Å². The summed E-state index contributed by atoms with van der Waals surface area (Å²) in [5.41, 5.74) is 6.59. The summed E-state index contributed by atoms with van der Waals surface area (Å²) in [6, 6.07) is 0. The molecule has 2 heterocycles. The molecule has 4 nitrogen and oxygen atoms in total. The Morgan fingerprint density at radius 2 is 2.07 bits per heavy atom. The lowest BCUT2D eigenvalue weighted by atomic mass is 10.4. The third-order valence-electron chi connectivity index (χ3n) is 2.76.